The number of halogens is 1. The van der Waals surface area contributed by atoms with Gasteiger partial charge in [-0.05, 0) is 35.2 Å². The van der Waals surface area contributed by atoms with Gasteiger partial charge in [0.2, 0.25) is 5.91 Å². The molecule has 2 aromatic carbocycles. The number of nitrogens with zero attached hydrogens (tertiary/aromatic N) is 1. The molecule has 4 rings (SSSR count). The molecule has 0 spiro atoms. The number of carbonyl (C=O) groups is 1. The summed E-state index contributed by atoms with van der Waals surface area (Å²) in [5.74, 6) is 1.46. The minimum absolute atomic E-state index is 0.115. The second-order valence-corrected chi connectivity index (χ2v) is 7.24. The molecule has 2 unspecified atom stereocenters. The van der Waals surface area contributed by atoms with Gasteiger partial charge in [0, 0.05) is 18.2 Å². The van der Waals surface area contributed by atoms with Crippen LogP contribution in [0.25, 0.3) is 0 Å². The van der Waals surface area contributed by atoms with E-state index in [-0.39, 0.29) is 23.8 Å². The molecule has 124 valence electrons. The second-order valence-electron chi connectivity index (χ2n) is 6.21. The molecule has 2 aliphatic rings. The van der Waals surface area contributed by atoms with Gasteiger partial charge in [0.15, 0.2) is 0 Å². The number of carbonyl (C=O) groups excluding carboxylic acids is 1. The van der Waals surface area contributed by atoms with Crippen molar-refractivity contribution in [3.63, 3.8) is 0 Å². The molecule has 2 aromatic rings. The highest BCUT2D eigenvalue weighted by atomic mass is 32.2. The third-order valence-electron chi connectivity index (χ3n) is 4.75. The first-order chi connectivity index (χ1) is 11.7. The van der Waals surface area contributed by atoms with Crippen LogP contribution in [0.4, 0.5) is 4.39 Å². The Balaban J connectivity index is 1.77. The fraction of sp³-hybridized carbons (Fsp3) is 0.316. The summed E-state index contributed by atoms with van der Waals surface area (Å²) in [7, 11) is 0. The molecule has 1 fully saturated rings. The lowest BCUT2D eigenvalue weighted by Crippen LogP contribution is -2.49. The number of thioether (sulfide) groups is 1. The summed E-state index contributed by atoms with van der Waals surface area (Å²) in [4.78, 5) is 15.0. The Morgan fingerprint density at radius 1 is 1.21 bits per heavy atom. The lowest BCUT2D eigenvalue weighted by molar-refractivity contribution is -0.134. The largest absolute Gasteiger partial charge is 0.330 e. The number of fused-ring (bicyclic) bond motifs is 1. The van der Waals surface area contributed by atoms with Crippen LogP contribution in [0.1, 0.15) is 22.7 Å². The van der Waals surface area contributed by atoms with Crippen LogP contribution in [-0.2, 0) is 11.2 Å². The molecule has 0 aromatic heterocycles. The first kappa shape index (κ1) is 15.7. The van der Waals surface area contributed by atoms with Crippen LogP contribution < -0.4 is 5.32 Å². The van der Waals surface area contributed by atoms with E-state index >= 15 is 0 Å². The number of amides is 1. The summed E-state index contributed by atoms with van der Waals surface area (Å²) in [6.45, 7) is 0.667. The quantitative estimate of drug-likeness (QED) is 0.911. The number of benzene rings is 2. The summed E-state index contributed by atoms with van der Waals surface area (Å²) in [6, 6.07) is 14.4. The topological polar surface area (TPSA) is 32.3 Å². The van der Waals surface area contributed by atoms with Crippen molar-refractivity contribution in [2.45, 2.75) is 18.5 Å². The van der Waals surface area contributed by atoms with E-state index in [4.69, 9.17) is 0 Å². The summed E-state index contributed by atoms with van der Waals surface area (Å²) in [6.07, 6.45) is 0.841. The van der Waals surface area contributed by atoms with E-state index in [9.17, 15) is 9.18 Å². The predicted octanol–water partition coefficient (Wildman–Crippen LogP) is 2.96. The molecule has 2 atom stereocenters. The Morgan fingerprint density at radius 3 is 2.88 bits per heavy atom. The maximum absolute atomic E-state index is 13.8. The van der Waals surface area contributed by atoms with Gasteiger partial charge in [0.05, 0.1) is 12.1 Å². The fourth-order valence-corrected chi connectivity index (χ4v) is 4.53. The molecule has 1 saturated heterocycles. The van der Waals surface area contributed by atoms with Crippen LogP contribution in [0.3, 0.4) is 0 Å². The molecule has 0 radical (unpaired) electrons. The number of nitrogens with one attached hydrogen (secondary N) is 1. The van der Waals surface area contributed by atoms with Gasteiger partial charge in [-0.15, -0.1) is 11.8 Å². The monoisotopic (exact) mass is 342 g/mol. The van der Waals surface area contributed by atoms with Gasteiger partial charge in [-0.3, -0.25) is 10.1 Å². The highest BCUT2D eigenvalue weighted by Gasteiger charge is 2.36. The van der Waals surface area contributed by atoms with Crippen molar-refractivity contribution in [1.29, 1.82) is 0 Å². The minimum Gasteiger partial charge on any atom is -0.330 e. The van der Waals surface area contributed by atoms with E-state index in [0.29, 0.717) is 6.54 Å². The zero-order chi connectivity index (χ0) is 16.5. The van der Waals surface area contributed by atoms with Gasteiger partial charge in [-0.2, -0.15) is 0 Å². The molecule has 0 saturated carbocycles. The zero-order valence-electron chi connectivity index (χ0n) is 13.2. The molecule has 1 N–H and O–H groups in total. The van der Waals surface area contributed by atoms with Gasteiger partial charge in [-0.25, -0.2) is 4.39 Å². The van der Waals surface area contributed by atoms with Gasteiger partial charge in [0.25, 0.3) is 0 Å². The standard InChI is InChI=1S/C19H19FN2OS/c20-15-6-3-5-14(10-15)18-16-7-2-1-4-13(16)8-9-22(18)19(23)17-11-24-12-21-17/h1-7,10,17-18,21H,8-9,11-12H2. The molecule has 3 nitrogen and oxygen atoms in total. The zero-order valence-corrected chi connectivity index (χ0v) is 14.1. The summed E-state index contributed by atoms with van der Waals surface area (Å²) in [5.41, 5.74) is 3.18. The molecule has 24 heavy (non-hydrogen) atoms. The van der Waals surface area contributed by atoms with E-state index in [1.54, 1.807) is 23.9 Å². The van der Waals surface area contributed by atoms with Crippen LogP contribution in [0.2, 0.25) is 0 Å². The number of rotatable bonds is 2. The first-order valence-corrected chi connectivity index (χ1v) is 9.34. The van der Waals surface area contributed by atoms with Gasteiger partial charge in [-0.1, -0.05) is 36.4 Å². The molecular formula is C19H19FN2OS. The maximum atomic E-state index is 13.8. The molecule has 1 amide bonds. The van der Waals surface area contributed by atoms with Crippen molar-refractivity contribution in [2.75, 3.05) is 18.2 Å². The SMILES string of the molecule is O=C(C1CSCN1)N1CCc2ccccc2C1c1cccc(F)c1. The second kappa shape index (κ2) is 6.57. The fourth-order valence-electron chi connectivity index (χ4n) is 3.59. The van der Waals surface area contributed by atoms with E-state index in [2.05, 4.69) is 17.4 Å². The van der Waals surface area contributed by atoms with E-state index in [1.807, 2.05) is 23.1 Å². The van der Waals surface area contributed by atoms with Crippen molar-refractivity contribution >= 4 is 17.7 Å². The minimum atomic E-state index is -0.266. The number of hydrogen-bond acceptors (Lipinski definition) is 3. The molecule has 2 aliphatic heterocycles. The van der Waals surface area contributed by atoms with Crippen LogP contribution in [-0.4, -0.2) is 35.0 Å². The van der Waals surface area contributed by atoms with Crippen LogP contribution in [0.5, 0.6) is 0 Å². The van der Waals surface area contributed by atoms with Gasteiger partial charge >= 0.3 is 0 Å². The average molecular weight is 342 g/mol. The van der Waals surface area contributed by atoms with Crippen molar-refractivity contribution in [3.05, 3.63) is 71.0 Å². The van der Waals surface area contributed by atoms with Gasteiger partial charge in [0.1, 0.15) is 5.82 Å². The van der Waals surface area contributed by atoms with E-state index < -0.39 is 0 Å². The van der Waals surface area contributed by atoms with Crippen LogP contribution >= 0.6 is 11.8 Å². The van der Waals surface area contributed by atoms with E-state index in [1.165, 1.54) is 11.6 Å². The highest BCUT2D eigenvalue weighted by molar-refractivity contribution is 7.99. The lowest BCUT2D eigenvalue weighted by atomic mass is 9.87. The Morgan fingerprint density at radius 2 is 2.08 bits per heavy atom. The normalized spacial score (nSPS) is 23.1. The van der Waals surface area contributed by atoms with Crippen molar-refractivity contribution in [3.8, 4) is 0 Å². The van der Waals surface area contributed by atoms with Crippen molar-refractivity contribution in [2.24, 2.45) is 0 Å². The molecule has 0 aliphatic carbocycles. The maximum Gasteiger partial charge on any atom is 0.241 e. The Kier molecular flexibility index (Phi) is 4.29. The third-order valence-corrected chi connectivity index (χ3v) is 5.69. The molecular weight excluding hydrogens is 323 g/mol. The molecule has 2 heterocycles. The Bertz CT molecular complexity index is 761. The van der Waals surface area contributed by atoms with Crippen molar-refractivity contribution in [1.82, 2.24) is 10.2 Å². The molecule has 5 heteroatoms. The summed E-state index contributed by atoms with van der Waals surface area (Å²) >= 11 is 1.74. The van der Waals surface area contributed by atoms with Gasteiger partial charge < -0.3 is 4.90 Å². The van der Waals surface area contributed by atoms with Crippen molar-refractivity contribution < 1.29 is 9.18 Å². The third kappa shape index (κ3) is 2.82. The highest BCUT2D eigenvalue weighted by Crippen LogP contribution is 2.36. The first-order valence-electron chi connectivity index (χ1n) is 8.19. The Hall–Kier alpha value is -1.85. The van der Waals surface area contributed by atoms with Crippen LogP contribution in [0.15, 0.2) is 48.5 Å². The molecule has 0 bridgehead atoms. The van der Waals surface area contributed by atoms with Crippen LogP contribution in [0, 0.1) is 5.82 Å². The lowest BCUT2D eigenvalue weighted by Gasteiger charge is -2.39. The summed E-state index contributed by atoms with van der Waals surface area (Å²) in [5, 5.41) is 3.26. The predicted molar refractivity (Wildman–Crippen MR) is 94.4 cm³/mol. The Labute approximate surface area is 145 Å². The average Bonchev–Trinajstić information content (AvgIpc) is 3.14. The number of hydrogen-bond donors (Lipinski definition) is 1. The smallest absolute Gasteiger partial charge is 0.241 e. The summed E-state index contributed by atoms with van der Waals surface area (Å²) < 4.78 is 13.8. The van der Waals surface area contributed by atoms with E-state index in [0.717, 1.165) is 29.2 Å².